The van der Waals surface area contributed by atoms with E-state index in [1.165, 1.54) is 13.0 Å². The van der Waals surface area contributed by atoms with Gasteiger partial charge < -0.3 is 9.84 Å². The molecule has 2 aromatic rings. The number of hydrogen-bond donors (Lipinski definition) is 1. The van der Waals surface area contributed by atoms with Gasteiger partial charge in [0.05, 0.1) is 5.69 Å². The van der Waals surface area contributed by atoms with Crippen LogP contribution in [0.25, 0.3) is 0 Å². The lowest BCUT2D eigenvalue weighted by atomic mass is 9.90. The van der Waals surface area contributed by atoms with E-state index in [9.17, 15) is 18.0 Å². The van der Waals surface area contributed by atoms with Gasteiger partial charge in [-0.15, -0.1) is 0 Å². The van der Waals surface area contributed by atoms with Crippen LogP contribution in [0.1, 0.15) is 46.3 Å². The number of benzene rings is 1. The number of hydrogen-bond acceptors (Lipinski definition) is 3. The van der Waals surface area contributed by atoms with Gasteiger partial charge in [0.15, 0.2) is 5.54 Å². The number of aryl methyl sites for hydroxylation is 3. The van der Waals surface area contributed by atoms with Crippen molar-refractivity contribution in [2.24, 2.45) is 0 Å². The van der Waals surface area contributed by atoms with Crippen molar-refractivity contribution in [3.8, 4) is 0 Å². The average Bonchev–Trinajstić information content (AvgIpc) is 3.08. The molecule has 1 aromatic heterocycles. The number of nitrogens with one attached hydrogen (secondary N) is 1. The first-order valence-electron chi connectivity index (χ1n) is 7.73. The van der Waals surface area contributed by atoms with Crippen LogP contribution in [0, 0.1) is 6.92 Å². The molecule has 0 aliphatic heterocycles. The van der Waals surface area contributed by atoms with Gasteiger partial charge in [-0.1, -0.05) is 36.3 Å². The topological polar surface area (TPSA) is 55.1 Å². The Hall–Kier alpha value is -2.31. The monoisotopic (exact) mass is 338 g/mol. The molecule has 0 saturated heterocycles. The molecule has 0 bridgehead atoms. The second kappa shape index (κ2) is 5.65. The molecule has 1 aliphatic rings. The minimum Gasteiger partial charge on any atom is -0.361 e. The quantitative estimate of drug-likeness (QED) is 0.929. The molecule has 0 spiro atoms. The fourth-order valence-corrected chi connectivity index (χ4v) is 3.31. The normalized spacial score (nSPS) is 20.0. The summed E-state index contributed by atoms with van der Waals surface area (Å²) in [5, 5.41) is 5.98. The summed E-state index contributed by atoms with van der Waals surface area (Å²) in [6.45, 7) is 3.28. The van der Waals surface area contributed by atoms with Crippen LogP contribution in [0.3, 0.4) is 0 Å². The third-order valence-corrected chi connectivity index (χ3v) is 4.55. The number of carbonyl (C=O) groups is 1. The predicted molar refractivity (Wildman–Crippen MR) is 80.6 cm³/mol. The van der Waals surface area contributed by atoms with Gasteiger partial charge in [-0.2, -0.15) is 13.2 Å². The first-order chi connectivity index (χ1) is 11.3. The summed E-state index contributed by atoms with van der Waals surface area (Å²) in [6, 6.07) is 6.35. The van der Waals surface area contributed by atoms with Crippen LogP contribution in [0.2, 0.25) is 0 Å². The van der Waals surface area contributed by atoms with Gasteiger partial charge in [0.25, 0.3) is 5.91 Å². The first-order valence-corrected chi connectivity index (χ1v) is 7.73. The van der Waals surface area contributed by atoms with E-state index >= 15 is 0 Å². The molecule has 4 nitrogen and oxygen atoms in total. The summed E-state index contributed by atoms with van der Waals surface area (Å²) in [7, 11) is 0. The average molecular weight is 338 g/mol. The highest BCUT2D eigenvalue weighted by Crippen LogP contribution is 2.48. The third kappa shape index (κ3) is 2.39. The van der Waals surface area contributed by atoms with Gasteiger partial charge in [0.2, 0.25) is 0 Å². The minimum atomic E-state index is -4.60. The number of rotatable bonds is 3. The van der Waals surface area contributed by atoms with E-state index in [1.807, 2.05) is 0 Å². The van der Waals surface area contributed by atoms with Crippen molar-refractivity contribution in [1.82, 2.24) is 10.5 Å². The van der Waals surface area contributed by atoms with Crippen molar-refractivity contribution in [3.63, 3.8) is 0 Å². The Bertz CT molecular complexity index is 782. The van der Waals surface area contributed by atoms with Gasteiger partial charge in [-0.05, 0) is 37.3 Å². The number of carbonyl (C=O) groups excluding carboxylic acids is 1. The largest absolute Gasteiger partial charge is 0.415 e. The van der Waals surface area contributed by atoms with Gasteiger partial charge in [-0.3, -0.25) is 4.79 Å². The molecule has 128 valence electrons. The molecule has 3 rings (SSSR count). The lowest BCUT2D eigenvalue weighted by Gasteiger charge is -2.33. The molecule has 0 saturated carbocycles. The molecule has 24 heavy (non-hydrogen) atoms. The highest BCUT2D eigenvalue weighted by Gasteiger charge is 2.59. The molecular weight excluding hydrogens is 321 g/mol. The fraction of sp³-hybridized carbons (Fsp3) is 0.412. The Morgan fingerprint density at radius 3 is 2.75 bits per heavy atom. The SMILES string of the molecule is CCc1noc(C)c1C(=O)NC1(C(F)(F)F)CCc2ccccc21. The van der Waals surface area contributed by atoms with Crippen molar-refractivity contribution in [2.45, 2.75) is 44.8 Å². The van der Waals surface area contributed by atoms with Gasteiger partial charge in [-0.25, -0.2) is 0 Å². The molecular formula is C17H17F3N2O2. The summed E-state index contributed by atoms with van der Waals surface area (Å²) in [5.41, 5.74) is -1.22. The maximum Gasteiger partial charge on any atom is 0.415 e. The molecule has 1 aliphatic carbocycles. The molecule has 1 N–H and O–H groups in total. The summed E-state index contributed by atoms with van der Waals surface area (Å²) in [5.74, 6) is -0.590. The summed E-state index contributed by atoms with van der Waals surface area (Å²) in [4.78, 5) is 12.6. The van der Waals surface area contributed by atoms with Crippen molar-refractivity contribution >= 4 is 5.91 Å². The maximum absolute atomic E-state index is 13.9. The lowest BCUT2D eigenvalue weighted by molar-refractivity contribution is -0.197. The molecule has 1 aromatic carbocycles. The highest BCUT2D eigenvalue weighted by molar-refractivity contribution is 5.97. The Morgan fingerprint density at radius 1 is 1.38 bits per heavy atom. The maximum atomic E-state index is 13.9. The fourth-order valence-electron chi connectivity index (χ4n) is 3.31. The number of aromatic nitrogens is 1. The van der Waals surface area contributed by atoms with E-state index in [0.29, 0.717) is 17.7 Å². The van der Waals surface area contributed by atoms with Crippen molar-refractivity contribution < 1.29 is 22.5 Å². The van der Waals surface area contributed by atoms with Crippen LogP contribution in [-0.2, 0) is 18.4 Å². The van der Waals surface area contributed by atoms with Crippen molar-refractivity contribution in [1.29, 1.82) is 0 Å². The van der Waals surface area contributed by atoms with Gasteiger partial charge >= 0.3 is 6.18 Å². The van der Waals surface area contributed by atoms with Crippen molar-refractivity contribution in [3.05, 3.63) is 52.4 Å². The van der Waals surface area contributed by atoms with Crippen LogP contribution in [-0.4, -0.2) is 17.2 Å². The van der Waals surface area contributed by atoms with Crippen LogP contribution in [0.5, 0.6) is 0 Å². The Kier molecular flexibility index (Phi) is 3.89. The second-order valence-electron chi connectivity index (χ2n) is 5.93. The van der Waals surface area contributed by atoms with Crippen LogP contribution in [0.15, 0.2) is 28.8 Å². The van der Waals surface area contributed by atoms with Crippen molar-refractivity contribution in [2.75, 3.05) is 0 Å². The molecule has 1 unspecified atom stereocenters. The summed E-state index contributed by atoms with van der Waals surface area (Å²) in [6.07, 6.45) is -4.16. The van der Waals surface area contributed by atoms with Gasteiger partial charge in [0, 0.05) is 0 Å². The standard InChI is InChI=1S/C17H17F3N2O2/c1-3-13-14(10(2)24-22-13)15(23)21-16(17(18,19)20)9-8-11-6-4-5-7-12(11)16/h4-7H,3,8-9H2,1-2H3,(H,21,23). The van der Waals surface area contributed by atoms with Crippen LogP contribution < -0.4 is 5.32 Å². The molecule has 7 heteroatoms. The molecule has 0 radical (unpaired) electrons. The summed E-state index contributed by atoms with van der Waals surface area (Å²) < 4.78 is 46.7. The van der Waals surface area contributed by atoms with Crippen LogP contribution >= 0.6 is 0 Å². The predicted octanol–water partition coefficient (Wildman–Crippen LogP) is 3.68. The van der Waals surface area contributed by atoms with Crippen LogP contribution in [0.4, 0.5) is 13.2 Å². The lowest BCUT2D eigenvalue weighted by Crippen LogP contribution is -2.54. The van der Waals surface area contributed by atoms with E-state index < -0.39 is 17.6 Å². The Balaban J connectivity index is 2.05. The second-order valence-corrected chi connectivity index (χ2v) is 5.93. The molecule has 0 fully saturated rings. The minimum absolute atomic E-state index is 0.0884. The zero-order chi connectivity index (χ0) is 17.5. The number of amides is 1. The molecule has 1 heterocycles. The zero-order valence-electron chi connectivity index (χ0n) is 13.3. The number of nitrogens with zero attached hydrogens (tertiary/aromatic N) is 1. The first kappa shape index (κ1) is 16.5. The Morgan fingerprint density at radius 2 is 2.08 bits per heavy atom. The Labute approximate surface area is 137 Å². The third-order valence-electron chi connectivity index (χ3n) is 4.55. The number of alkyl halides is 3. The highest BCUT2D eigenvalue weighted by atomic mass is 19.4. The number of fused-ring (bicyclic) bond motifs is 1. The van der Waals surface area contributed by atoms with Gasteiger partial charge in [0.1, 0.15) is 11.3 Å². The molecule has 1 atom stereocenters. The van der Waals surface area contributed by atoms with E-state index in [4.69, 9.17) is 4.52 Å². The molecule has 1 amide bonds. The van der Waals surface area contributed by atoms with E-state index in [0.717, 1.165) is 0 Å². The number of halogens is 3. The zero-order valence-corrected chi connectivity index (χ0v) is 13.3. The summed E-state index contributed by atoms with van der Waals surface area (Å²) >= 11 is 0. The van der Waals surface area contributed by atoms with E-state index in [1.54, 1.807) is 25.1 Å². The van der Waals surface area contributed by atoms with E-state index in [-0.39, 0.29) is 29.7 Å². The smallest absolute Gasteiger partial charge is 0.361 e. The van der Waals surface area contributed by atoms with E-state index in [2.05, 4.69) is 10.5 Å².